The molecule has 1 aromatic heterocycles. The molecular weight excluding hydrogens is 599 g/mol. The van der Waals surface area contributed by atoms with Crippen LogP contribution in [0.15, 0.2) is 47.5 Å². The molecule has 2 amide bonds. The molecule has 1 spiro atoms. The van der Waals surface area contributed by atoms with Gasteiger partial charge in [-0.05, 0) is 85.1 Å². The Labute approximate surface area is 291 Å². The van der Waals surface area contributed by atoms with Gasteiger partial charge in [0.25, 0.3) is 11.8 Å². The Bertz CT molecular complexity index is 1540. The molecule has 2 heterocycles. The number of carbonyl (C=O) groups is 2. The Hall–Kier alpha value is -3.02. The second-order valence-electron chi connectivity index (χ2n) is 14.6. The SMILES string of the molecule is CC(C)(C)CC[C@H](c1ccc(C(=O)NCc2nn[n-]n2)cc1)N1C(=O)C(c2cc(F)cc(F)c2)=NC12CCC(C(C)(C)C)CC2.[Na+]. The van der Waals surface area contributed by atoms with Gasteiger partial charge in [-0.25, -0.2) is 13.9 Å². The molecule has 2 aliphatic rings. The van der Waals surface area contributed by atoms with Crippen molar-refractivity contribution in [3.63, 3.8) is 0 Å². The summed E-state index contributed by atoms with van der Waals surface area (Å²) in [6.07, 6.45) is 4.54. The van der Waals surface area contributed by atoms with Gasteiger partial charge in [0.15, 0.2) is 0 Å². The van der Waals surface area contributed by atoms with E-state index in [-0.39, 0.29) is 76.1 Å². The summed E-state index contributed by atoms with van der Waals surface area (Å²) < 4.78 is 28.7. The molecule has 5 rings (SSSR count). The van der Waals surface area contributed by atoms with E-state index in [9.17, 15) is 18.4 Å². The molecule has 9 nitrogen and oxygen atoms in total. The van der Waals surface area contributed by atoms with E-state index in [4.69, 9.17) is 4.99 Å². The quantitative estimate of drug-likeness (QED) is 0.378. The summed E-state index contributed by atoms with van der Waals surface area (Å²) in [6.45, 7) is 13.3. The molecule has 0 saturated heterocycles. The van der Waals surface area contributed by atoms with Crippen molar-refractivity contribution in [1.82, 2.24) is 30.8 Å². The minimum absolute atomic E-state index is 0. The average molecular weight is 642 g/mol. The maximum absolute atomic E-state index is 14.5. The van der Waals surface area contributed by atoms with Crippen LogP contribution in [0.1, 0.15) is 113 Å². The first-order valence-corrected chi connectivity index (χ1v) is 15.6. The van der Waals surface area contributed by atoms with Crippen molar-refractivity contribution < 1.29 is 47.9 Å². The van der Waals surface area contributed by atoms with Crippen molar-refractivity contribution in [2.24, 2.45) is 21.7 Å². The molecule has 1 fully saturated rings. The van der Waals surface area contributed by atoms with Crippen molar-refractivity contribution >= 4 is 17.5 Å². The Kier molecular flexibility index (Phi) is 10.9. The van der Waals surface area contributed by atoms with Crippen LogP contribution >= 0.6 is 0 Å². The molecule has 240 valence electrons. The first-order valence-electron chi connectivity index (χ1n) is 15.6. The molecule has 0 bridgehead atoms. The van der Waals surface area contributed by atoms with E-state index in [0.717, 1.165) is 30.9 Å². The Morgan fingerprint density at radius 3 is 2.22 bits per heavy atom. The van der Waals surface area contributed by atoms with Gasteiger partial charge >= 0.3 is 29.6 Å². The number of nitrogens with one attached hydrogen (secondary N) is 1. The number of nitrogens with zero attached hydrogens (tertiary/aromatic N) is 6. The molecule has 1 aliphatic heterocycles. The first kappa shape index (κ1) is 35.8. The van der Waals surface area contributed by atoms with Crippen molar-refractivity contribution in [2.75, 3.05) is 0 Å². The van der Waals surface area contributed by atoms with Gasteiger partial charge in [0.1, 0.15) is 23.0 Å². The van der Waals surface area contributed by atoms with Crippen molar-refractivity contribution in [3.8, 4) is 0 Å². The summed E-state index contributed by atoms with van der Waals surface area (Å²) in [5, 5.41) is 17.1. The number of tetrazole rings is 1. The third kappa shape index (κ3) is 8.09. The number of rotatable bonds is 8. The second kappa shape index (κ2) is 14.0. The van der Waals surface area contributed by atoms with E-state index in [1.54, 1.807) is 12.1 Å². The zero-order valence-electron chi connectivity index (χ0n) is 27.9. The molecule has 12 heteroatoms. The minimum atomic E-state index is -0.836. The van der Waals surface area contributed by atoms with Crippen LogP contribution in [0.5, 0.6) is 0 Å². The number of aliphatic imine (C=N–C) groups is 1. The number of halogens is 2. The Morgan fingerprint density at radius 1 is 1.04 bits per heavy atom. The first-order chi connectivity index (χ1) is 21.1. The van der Waals surface area contributed by atoms with Crippen molar-refractivity contribution in [3.05, 3.63) is 76.6 Å². The van der Waals surface area contributed by atoms with E-state index in [1.807, 2.05) is 17.0 Å². The molecule has 46 heavy (non-hydrogen) atoms. The van der Waals surface area contributed by atoms with E-state index < -0.39 is 17.3 Å². The summed E-state index contributed by atoms with van der Waals surface area (Å²) >= 11 is 0. The van der Waals surface area contributed by atoms with Gasteiger partial charge in [-0.3, -0.25) is 25.0 Å². The van der Waals surface area contributed by atoms with Gasteiger partial charge in [0.05, 0.1) is 18.4 Å². The maximum atomic E-state index is 14.5. The van der Waals surface area contributed by atoms with E-state index in [0.29, 0.717) is 36.6 Å². The molecule has 0 radical (unpaired) electrons. The molecule has 3 aromatic rings. The number of hydrogen-bond donors (Lipinski definition) is 1. The van der Waals surface area contributed by atoms with Crippen LogP contribution in [0, 0.1) is 28.4 Å². The number of benzene rings is 2. The zero-order chi connectivity index (χ0) is 32.6. The minimum Gasteiger partial charge on any atom is -0.347 e. The number of hydrogen-bond acceptors (Lipinski definition) is 6. The third-order valence-electron chi connectivity index (χ3n) is 9.14. The number of amides is 2. The fourth-order valence-corrected chi connectivity index (χ4v) is 6.59. The summed E-state index contributed by atoms with van der Waals surface area (Å²) in [5.74, 6) is -1.35. The third-order valence-corrected chi connectivity index (χ3v) is 9.14. The summed E-state index contributed by atoms with van der Waals surface area (Å²) in [4.78, 5) is 34.3. The normalized spacial score (nSPS) is 20.8. The van der Waals surface area contributed by atoms with Gasteiger partial charge in [0.2, 0.25) is 0 Å². The van der Waals surface area contributed by atoms with Gasteiger partial charge in [0, 0.05) is 17.2 Å². The van der Waals surface area contributed by atoms with Crippen LogP contribution in [-0.2, 0) is 11.3 Å². The fraction of sp³-hybridized carbons (Fsp3) is 0.529. The maximum Gasteiger partial charge on any atom is 1.00 e. The van der Waals surface area contributed by atoms with Crippen LogP contribution in [-0.4, -0.2) is 43.5 Å². The predicted octanol–water partition coefficient (Wildman–Crippen LogP) is 3.17. The predicted molar refractivity (Wildman–Crippen MR) is 166 cm³/mol. The Balaban J connectivity index is 0.00000480. The molecule has 2 aromatic carbocycles. The second-order valence-corrected chi connectivity index (χ2v) is 14.6. The van der Waals surface area contributed by atoms with Crippen LogP contribution in [0.25, 0.3) is 0 Å². The Morgan fingerprint density at radius 2 is 1.67 bits per heavy atom. The molecule has 0 unspecified atom stereocenters. The van der Waals surface area contributed by atoms with Gasteiger partial charge in [-0.15, -0.1) is 0 Å². The molecule has 1 atom stereocenters. The largest absolute Gasteiger partial charge is 1.00 e. The van der Waals surface area contributed by atoms with E-state index >= 15 is 0 Å². The van der Waals surface area contributed by atoms with Crippen LogP contribution < -0.4 is 40.1 Å². The zero-order valence-corrected chi connectivity index (χ0v) is 29.9. The number of carbonyl (C=O) groups excluding carboxylic acids is 2. The molecule has 1 saturated carbocycles. The summed E-state index contributed by atoms with van der Waals surface area (Å²) in [6, 6.07) is 10.0. The molecule has 1 N–H and O–H groups in total. The van der Waals surface area contributed by atoms with Crippen LogP contribution in [0.3, 0.4) is 0 Å². The van der Waals surface area contributed by atoms with Crippen LogP contribution in [0.4, 0.5) is 8.78 Å². The van der Waals surface area contributed by atoms with Crippen molar-refractivity contribution in [2.45, 2.75) is 98.3 Å². The summed E-state index contributed by atoms with van der Waals surface area (Å²) in [5.41, 5.74) is 0.822. The van der Waals surface area contributed by atoms with E-state index in [1.165, 1.54) is 12.1 Å². The van der Waals surface area contributed by atoms with Gasteiger partial charge in [-0.1, -0.05) is 53.7 Å². The van der Waals surface area contributed by atoms with Crippen LogP contribution in [0.2, 0.25) is 0 Å². The van der Waals surface area contributed by atoms with Gasteiger partial charge < -0.3 is 15.3 Å². The van der Waals surface area contributed by atoms with Crippen molar-refractivity contribution in [1.29, 1.82) is 0 Å². The standard InChI is InChI=1S/C34H43F2N7O2.Na/c1-32(2,3)14-13-27(21-7-9-22(10-8-21)30(44)37-20-28-39-41-42-40-28)43-31(45)29(23-17-25(35)19-26(36)18-23)38-34(43)15-11-24(12-16-34)33(4,5)6;/h7-10,17-19,24,27H,11-16,20H2,1-6H3,(H2,37,39,40,41,42,44);/q;+1/p-1/t24?,27-,34?;/m1./s1. The molecule has 1 aliphatic carbocycles. The molecular formula is C34H42F2N7NaO2. The van der Waals surface area contributed by atoms with E-state index in [2.05, 4.69) is 67.5 Å². The smallest absolute Gasteiger partial charge is 0.347 e. The average Bonchev–Trinajstić information content (AvgIpc) is 3.58. The summed E-state index contributed by atoms with van der Waals surface area (Å²) in [7, 11) is 0. The monoisotopic (exact) mass is 641 g/mol. The fourth-order valence-electron chi connectivity index (χ4n) is 6.59. The number of aromatic nitrogens is 4. The van der Waals surface area contributed by atoms with Gasteiger partial charge in [-0.2, -0.15) is 0 Å². The topological polar surface area (TPSA) is 115 Å².